The lowest BCUT2D eigenvalue weighted by Crippen LogP contribution is -2.22. The average molecular weight is 300 g/mol. The van der Waals surface area contributed by atoms with E-state index < -0.39 is 5.97 Å². The zero-order chi connectivity index (χ0) is 15.1. The van der Waals surface area contributed by atoms with Crippen LogP contribution in [0.25, 0.3) is 5.70 Å². The molecule has 104 valence electrons. The molecule has 1 N–H and O–H groups in total. The van der Waals surface area contributed by atoms with Crippen LogP contribution >= 0.6 is 11.6 Å². The van der Waals surface area contributed by atoms with Crippen LogP contribution in [0.2, 0.25) is 5.02 Å². The summed E-state index contributed by atoms with van der Waals surface area (Å²) in [6, 6.07) is 11.6. The second-order valence-corrected chi connectivity index (χ2v) is 5.01. The van der Waals surface area contributed by atoms with Gasteiger partial charge >= 0.3 is 5.97 Å². The van der Waals surface area contributed by atoms with Crippen LogP contribution in [-0.4, -0.2) is 17.0 Å². The Kier molecular flexibility index (Phi) is 3.03. The molecule has 3 rings (SSSR count). The highest BCUT2D eigenvalue weighted by atomic mass is 35.5. The molecule has 0 aromatic heterocycles. The predicted octanol–water partition coefficient (Wildman–Crippen LogP) is 3.67. The largest absolute Gasteiger partial charge is 0.478 e. The summed E-state index contributed by atoms with van der Waals surface area (Å²) in [5.74, 6) is -1.31. The molecule has 2 aromatic carbocycles. The highest BCUT2D eigenvalue weighted by Crippen LogP contribution is 2.36. The predicted molar refractivity (Wildman–Crippen MR) is 80.7 cm³/mol. The van der Waals surface area contributed by atoms with Crippen LogP contribution in [0.5, 0.6) is 0 Å². The Hall–Kier alpha value is -2.59. The lowest BCUT2D eigenvalue weighted by molar-refractivity contribution is 0.0697. The van der Waals surface area contributed by atoms with E-state index in [1.807, 2.05) is 12.1 Å². The number of hydrogen-bond donors (Lipinski definition) is 1. The van der Waals surface area contributed by atoms with Gasteiger partial charge in [0.2, 0.25) is 0 Å². The molecule has 0 saturated heterocycles. The van der Waals surface area contributed by atoms with Gasteiger partial charge in [0.05, 0.1) is 22.0 Å². The molecule has 0 bridgehead atoms. The Morgan fingerprint density at radius 1 is 1.14 bits per heavy atom. The Bertz CT molecular complexity index is 763. The summed E-state index contributed by atoms with van der Waals surface area (Å²) >= 11 is 5.96. The number of aromatic carboxylic acids is 1. The summed E-state index contributed by atoms with van der Waals surface area (Å²) in [5, 5.41) is 9.07. The molecule has 0 fully saturated rings. The van der Waals surface area contributed by atoms with E-state index in [1.54, 1.807) is 18.2 Å². The zero-order valence-electron chi connectivity index (χ0n) is 10.8. The Morgan fingerprint density at radius 3 is 2.38 bits per heavy atom. The van der Waals surface area contributed by atoms with Crippen molar-refractivity contribution in [3.63, 3.8) is 0 Å². The van der Waals surface area contributed by atoms with Crippen molar-refractivity contribution < 1.29 is 14.7 Å². The molecule has 21 heavy (non-hydrogen) atoms. The number of rotatable bonds is 2. The molecular formula is C16H10ClNO3. The number of fused-ring (bicyclic) bond motifs is 1. The van der Waals surface area contributed by atoms with E-state index in [9.17, 15) is 9.59 Å². The van der Waals surface area contributed by atoms with E-state index in [0.29, 0.717) is 16.9 Å². The molecule has 1 aliphatic heterocycles. The van der Waals surface area contributed by atoms with Crippen LogP contribution in [0.15, 0.2) is 49.0 Å². The fourth-order valence-corrected chi connectivity index (χ4v) is 2.63. The van der Waals surface area contributed by atoms with Gasteiger partial charge in [0.25, 0.3) is 5.91 Å². The standard InChI is InChI=1S/C16H10ClNO3/c1-9-11-4-2-3-5-12(11)15(19)18(9)10-6-7-13(16(20)21)14(17)8-10/h2-8H,1H2,(H,20,21). The van der Waals surface area contributed by atoms with Gasteiger partial charge in [0.1, 0.15) is 0 Å². The van der Waals surface area contributed by atoms with Crippen molar-refractivity contribution in [2.75, 3.05) is 4.90 Å². The van der Waals surface area contributed by atoms with Crippen LogP contribution in [0.3, 0.4) is 0 Å². The van der Waals surface area contributed by atoms with E-state index in [1.165, 1.54) is 17.0 Å². The maximum Gasteiger partial charge on any atom is 0.337 e. The monoisotopic (exact) mass is 299 g/mol. The van der Waals surface area contributed by atoms with Gasteiger partial charge in [-0.1, -0.05) is 36.4 Å². The summed E-state index contributed by atoms with van der Waals surface area (Å²) in [4.78, 5) is 24.9. The third kappa shape index (κ3) is 2.00. The molecule has 5 heteroatoms. The summed E-state index contributed by atoms with van der Waals surface area (Å²) in [7, 11) is 0. The molecular weight excluding hydrogens is 290 g/mol. The van der Waals surface area contributed by atoms with Gasteiger partial charge in [0, 0.05) is 11.1 Å². The SMILES string of the molecule is C=C1c2ccccc2C(=O)N1c1ccc(C(=O)O)c(Cl)c1. The third-order valence-corrected chi connectivity index (χ3v) is 3.70. The van der Waals surface area contributed by atoms with Crippen molar-refractivity contribution >= 4 is 34.9 Å². The van der Waals surface area contributed by atoms with Crippen molar-refractivity contribution in [1.82, 2.24) is 0 Å². The smallest absolute Gasteiger partial charge is 0.337 e. The number of halogens is 1. The van der Waals surface area contributed by atoms with Gasteiger partial charge in [-0.15, -0.1) is 0 Å². The fourth-order valence-electron chi connectivity index (χ4n) is 2.37. The summed E-state index contributed by atoms with van der Waals surface area (Å²) in [5.41, 5.74) is 2.38. The summed E-state index contributed by atoms with van der Waals surface area (Å²) < 4.78 is 0. The quantitative estimate of drug-likeness (QED) is 0.920. The Balaban J connectivity index is 2.07. The van der Waals surface area contributed by atoms with Crippen molar-refractivity contribution in [2.24, 2.45) is 0 Å². The van der Waals surface area contributed by atoms with Crippen LogP contribution in [-0.2, 0) is 0 Å². The van der Waals surface area contributed by atoms with Gasteiger partial charge in [-0.2, -0.15) is 0 Å². The molecule has 1 aliphatic rings. The van der Waals surface area contributed by atoms with Crippen molar-refractivity contribution in [3.05, 3.63) is 70.8 Å². The number of carbonyl (C=O) groups is 2. The molecule has 1 amide bonds. The van der Waals surface area contributed by atoms with Crippen LogP contribution in [0, 0.1) is 0 Å². The number of amides is 1. The highest BCUT2D eigenvalue weighted by molar-refractivity contribution is 6.34. The first kappa shape index (κ1) is 13.4. The van der Waals surface area contributed by atoms with Crippen molar-refractivity contribution in [1.29, 1.82) is 0 Å². The van der Waals surface area contributed by atoms with E-state index in [4.69, 9.17) is 16.7 Å². The first-order valence-electron chi connectivity index (χ1n) is 6.16. The number of benzene rings is 2. The first-order valence-corrected chi connectivity index (χ1v) is 6.54. The lowest BCUT2D eigenvalue weighted by Gasteiger charge is -2.18. The fraction of sp³-hybridized carbons (Fsp3) is 0. The second kappa shape index (κ2) is 4.75. The molecule has 0 unspecified atom stereocenters. The zero-order valence-corrected chi connectivity index (χ0v) is 11.6. The number of carboxylic acids is 1. The molecule has 0 saturated carbocycles. The molecule has 0 radical (unpaired) electrons. The number of carboxylic acid groups (broad SMARTS) is 1. The molecule has 4 nitrogen and oxygen atoms in total. The summed E-state index contributed by atoms with van der Waals surface area (Å²) in [6.07, 6.45) is 0. The molecule has 1 heterocycles. The van der Waals surface area contributed by atoms with Crippen LogP contribution < -0.4 is 4.90 Å². The number of nitrogens with zero attached hydrogens (tertiary/aromatic N) is 1. The molecule has 0 atom stereocenters. The minimum atomic E-state index is -1.11. The third-order valence-electron chi connectivity index (χ3n) is 3.38. The van der Waals surface area contributed by atoms with Gasteiger partial charge in [0.15, 0.2) is 0 Å². The van der Waals surface area contributed by atoms with Crippen LogP contribution in [0.1, 0.15) is 26.3 Å². The minimum absolute atomic E-state index is 0.00445. The van der Waals surface area contributed by atoms with E-state index in [-0.39, 0.29) is 16.5 Å². The van der Waals surface area contributed by atoms with Gasteiger partial charge in [-0.3, -0.25) is 9.69 Å². The van der Waals surface area contributed by atoms with E-state index in [2.05, 4.69) is 6.58 Å². The average Bonchev–Trinajstić information content (AvgIpc) is 2.71. The number of hydrogen-bond acceptors (Lipinski definition) is 2. The van der Waals surface area contributed by atoms with Gasteiger partial charge in [-0.05, 0) is 24.3 Å². The van der Waals surface area contributed by atoms with E-state index in [0.717, 1.165) is 5.56 Å². The molecule has 0 aliphatic carbocycles. The minimum Gasteiger partial charge on any atom is -0.478 e. The van der Waals surface area contributed by atoms with Gasteiger partial charge < -0.3 is 5.11 Å². The maximum atomic E-state index is 12.4. The van der Waals surface area contributed by atoms with E-state index >= 15 is 0 Å². The van der Waals surface area contributed by atoms with Crippen molar-refractivity contribution in [2.45, 2.75) is 0 Å². The highest BCUT2D eigenvalue weighted by Gasteiger charge is 2.32. The number of carbonyl (C=O) groups excluding carboxylic acids is 1. The van der Waals surface area contributed by atoms with Gasteiger partial charge in [-0.25, -0.2) is 4.79 Å². The number of anilines is 1. The Morgan fingerprint density at radius 2 is 1.81 bits per heavy atom. The molecule has 0 spiro atoms. The summed E-state index contributed by atoms with van der Waals surface area (Å²) in [6.45, 7) is 3.94. The normalized spacial score (nSPS) is 13.5. The molecule has 2 aromatic rings. The maximum absolute atomic E-state index is 12.4. The lowest BCUT2D eigenvalue weighted by atomic mass is 10.1. The van der Waals surface area contributed by atoms with Crippen molar-refractivity contribution in [3.8, 4) is 0 Å². The second-order valence-electron chi connectivity index (χ2n) is 4.60. The van der Waals surface area contributed by atoms with Crippen LogP contribution in [0.4, 0.5) is 5.69 Å². The first-order chi connectivity index (χ1) is 10.0. The topological polar surface area (TPSA) is 57.6 Å². The Labute approximate surface area is 125 Å².